The second-order valence-corrected chi connectivity index (χ2v) is 8.24. The average molecular weight is 462 g/mol. The molecule has 0 radical (unpaired) electrons. The lowest BCUT2D eigenvalue weighted by Gasteiger charge is -2.19. The highest BCUT2D eigenvalue weighted by molar-refractivity contribution is 5.99. The lowest BCUT2D eigenvalue weighted by atomic mass is 9.94. The van der Waals surface area contributed by atoms with E-state index in [1.165, 1.54) is 7.11 Å². The first kappa shape index (κ1) is 25.9. The summed E-state index contributed by atoms with van der Waals surface area (Å²) in [4.78, 5) is 47.8. The Bertz CT molecular complexity index is 977. The quantitative estimate of drug-likeness (QED) is 0.292. The molecule has 1 heterocycles. The second kappa shape index (κ2) is 11.5. The number of fused-ring (bicyclic) bond motifs is 1. The molecule has 0 aromatic heterocycles. The minimum Gasteiger partial charge on any atom is -0.496 e. The van der Waals surface area contributed by atoms with Gasteiger partial charge in [-0.15, -0.1) is 0 Å². The molecule has 1 amide bonds. The van der Waals surface area contributed by atoms with Gasteiger partial charge in [0.1, 0.15) is 17.9 Å². The zero-order valence-corrected chi connectivity index (χ0v) is 19.7. The van der Waals surface area contributed by atoms with E-state index in [2.05, 4.69) is 5.32 Å². The zero-order valence-electron chi connectivity index (χ0n) is 19.7. The van der Waals surface area contributed by atoms with Gasteiger partial charge in [0.25, 0.3) is 0 Å². The summed E-state index contributed by atoms with van der Waals surface area (Å²) in [5, 5.41) is 11.6. The fraction of sp³-hybridized carbons (Fsp3) is 0.500. The minimum absolute atomic E-state index is 0.00467. The van der Waals surface area contributed by atoms with Crippen molar-refractivity contribution in [1.82, 2.24) is 5.32 Å². The third-order valence-corrected chi connectivity index (χ3v) is 5.24. The Labute approximate surface area is 193 Å². The molecule has 0 bridgehead atoms. The van der Waals surface area contributed by atoms with Crippen LogP contribution in [0.5, 0.6) is 11.5 Å². The maximum absolute atomic E-state index is 12.6. The van der Waals surface area contributed by atoms with Gasteiger partial charge in [0.15, 0.2) is 5.75 Å². The van der Waals surface area contributed by atoms with Crippen LogP contribution in [0.4, 0.5) is 0 Å². The van der Waals surface area contributed by atoms with E-state index in [1.807, 2.05) is 26.8 Å². The largest absolute Gasteiger partial charge is 0.496 e. The van der Waals surface area contributed by atoms with Crippen LogP contribution < -0.4 is 14.8 Å². The molecule has 0 fully saturated rings. The number of allylic oxidation sites excluding steroid dienone is 2. The van der Waals surface area contributed by atoms with E-state index in [0.717, 1.165) is 5.57 Å². The van der Waals surface area contributed by atoms with Crippen LogP contribution in [0.25, 0.3) is 0 Å². The monoisotopic (exact) mass is 461 g/mol. The first-order valence-corrected chi connectivity index (χ1v) is 10.8. The fourth-order valence-electron chi connectivity index (χ4n) is 3.58. The number of carbonyl (C=O) groups excluding carboxylic acids is 3. The molecule has 33 heavy (non-hydrogen) atoms. The summed E-state index contributed by atoms with van der Waals surface area (Å²) in [5.74, 6) is -1.89. The first-order valence-electron chi connectivity index (χ1n) is 10.8. The van der Waals surface area contributed by atoms with Gasteiger partial charge in [-0.3, -0.25) is 14.4 Å². The summed E-state index contributed by atoms with van der Waals surface area (Å²) in [6, 6.07) is -0.0457. The van der Waals surface area contributed by atoms with Gasteiger partial charge in [0.2, 0.25) is 5.91 Å². The number of cyclic esters (lactones) is 1. The number of carbonyl (C=O) groups is 4. The van der Waals surface area contributed by atoms with Crippen LogP contribution in [-0.2, 0) is 32.1 Å². The molecule has 1 aromatic carbocycles. The Morgan fingerprint density at radius 1 is 1.15 bits per heavy atom. The fourth-order valence-corrected chi connectivity index (χ4v) is 3.58. The van der Waals surface area contributed by atoms with E-state index < -0.39 is 17.9 Å². The second-order valence-electron chi connectivity index (χ2n) is 8.24. The highest BCUT2D eigenvalue weighted by atomic mass is 16.6. The predicted molar refractivity (Wildman–Crippen MR) is 119 cm³/mol. The number of amides is 1. The van der Waals surface area contributed by atoms with Crippen LogP contribution in [0.2, 0.25) is 0 Å². The molecule has 0 spiro atoms. The van der Waals surface area contributed by atoms with Crippen molar-refractivity contribution >= 4 is 23.8 Å². The lowest BCUT2D eigenvalue weighted by molar-refractivity contribution is -0.137. The van der Waals surface area contributed by atoms with Gasteiger partial charge in [-0.25, -0.2) is 4.79 Å². The number of hydrogen-bond donors (Lipinski definition) is 2. The third kappa shape index (κ3) is 6.81. The molecular formula is C24H31NO8. The Morgan fingerprint density at radius 3 is 2.45 bits per heavy atom. The van der Waals surface area contributed by atoms with Gasteiger partial charge >= 0.3 is 17.9 Å². The number of benzene rings is 1. The van der Waals surface area contributed by atoms with Gasteiger partial charge in [0.05, 0.1) is 13.5 Å². The topological polar surface area (TPSA) is 128 Å². The first-order chi connectivity index (χ1) is 15.5. The summed E-state index contributed by atoms with van der Waals surface area (Å²) in [5.41, 5.74) is 2.80. The van der Waals surface area contributed by atoms with Crippen molar-refractivity contribution in [3.05, 3.63) is 33.9 Å². The van der Waals surface area contributed by atoms with Crippen LogP contribution in [0.15, 0.2) is 11.6 Å². The molecule has 2 N–H and O–H groups in total. The van der Waals surface area contributed by atoms with E-state index in [9.17, 15) is 19.2 Å². The average Bonchev–Trinajstić information content (AvgIpc) is 3.12. The van der Waals surface area contributed by atoms with Crippen LogP contribution in [0.1, 0.15) is 73.5 Å². The molecule has 1 aliphatic rings. The lowest BCUT2D eigenvalue weighted by Crippen LogP contribution is -2.30. The number of nitrogens with one attached hydrogen (secondary N) is 1. The van der Waals surface area contributed by atoms with Gasteiger partial charge in [-0.1, -0.05) is 11.6 Å². The van der Waals surface area contributed by atoms with Crippen molar-refractivity contribution in [3.8, 4) is 11.5 Å². The normalized spacial score (nSPS) is 12.9. The molecule has 2 rings (SSSR count). The molecule has 9 heteroatoms. The minimum atomic E-state index is -0.896. The number of carboxylic acids is 1. The summed E-state index contributed by atoms with van der Waals surface area (Å²) in [6.07, 6.45) is 2.23. The van der Waals surface area contributed by atoms with Crippen LogP contribution in [0.3, 0.4) is 0 Å². The number of rotatable bonds is 11. The van der Waals surface area contributed by atoms with Gasteiger partial charge < -0.3 is 24.6 Å². The number of ether oxygens (including phenoxy) is 3. The van der Waals surface area contributed by atoms with Crippen molar-refractivity contribution in [2.75, 3.05) is 7.11 Å². The Morgan fingerprint density at radius 2 is 1.85 bits per heavy atom. The van der Waals surface area contributed by atoms with Crippen molar-refractivity contribution < 1.29 is 38.5 Å². The number of methoxy groups -OCH3 is 1. The van der Waals surface area contributed by atoms with E-state index in [0.29, 0.717) is 28.9 Å². The maximum atomic E-state index is 12.6. The molecule has 0 saturated heterocycles. The predicted octanol–water partition coefficient (Wildman–Crippen LogP) is 3.24. The summed E-state index contributed by atoms with van der Waals surface area (Å²) >= 11 is 0. The standard InChI is InChI=1S/C24H31NO8/c1-13(2)25-18(26)9-11-20(29)33-23-16(8-6-14(3)7-10-19(27)28)22(31-5)15(4)17-12-32-24(30)21(17)23/h6,13H,7-12H2,1-5H3,(H,25,26)(H,27,28)/b14-6+. The SMILES string of the molecule is COc1c(C)c2c(c(OC(=O)CCC(=O)NC(C)C)c1C/C=C(\C)CCC(=O)O)C(=O)OC2. The molecule has 0 saturated carbocycles. The van der Waals surface area contributed by atoms with E-state index in [4.69, 9.17) is 19.3 Å². The van der Waals surface area contributed by atoms with Gasteiger partial charge in [0, 0.05) is 30.0 Å². The number of carboxylic acid groups (broad SMARTS) is 1. The molecule has 1 aliphatic heterocycles. The Balaban J connectivity index is 2.38. The third-order valence-electron chi connectivity index (χ3n) is 5.24. The van der Waals surface area contributed by atoms with Crippen molar-refractivity contribution in [1.29, 1.82) is 0 Å². The van der Waals surface area contributed by atoms with Crippen molar-refractivity contribution in [2.45, 2.75) is 72.4 Å². The Hall–Kier alpha value is -3.36. The highest BCUT2D eigenvalue weighted by Crippen LogP contribution is 2.43. The molecule has 0 atom stereocenters. The number of aliphatic carboxylic acids is 1. The van der Waals surface area contributed by atoms with Crippen LogP contribution in [0, 0.1) is 6.92 Å². The molecule has 9 nitrogen and oxygen atoms in total. The van der Waals surface area contributed by atoms with Crippen molar-refractivity contribution in [3.63, 3.8) is 0 Å². The smallest absolute Gasteiger partial charge is 0.342 e. The van der Waals surface area contributed by atoms with E-state index in [-0.39, 0.29) is 55.6 Å². The van der Waals surface area contributed by atoms with Crippen molar-refractivity contribution in [2.24, 2.45) is 0 Å². The molecule has 1 aromatic rings. The molecule has 0 aliphatic carbocycles. The van der Waals surface area contributed by atoms with Gasteiger partial charge in [-0.2, -0.15) is 0 Å². The number of hydrogen-bond acceptors (Lipinski definition) is 7. The number of esters is 2. The summed E-state index contributed by atoms with van der Waals surface area (Å²) < 4.78 is 16.4. The molecule has 0 unspecified atom stereocenters. The molecular weight excluding hydrogens is 430 g/mol. The van der Waals surface area contributed by atoms with E-state index >= 15 is 0 Å². The van der Waals surface area contributed by atoms with Crippen LogP contribution >= 0.6 is 0 Å². The van der Waals surface area contributed by atoms with Gasteiger partial charge in [-0.05, 0) is 46.1 Å². The summed E-state index contributed by atoms with van der Waals surface area (Å²) in [6.45, 7) is 7.30. The molecule has 180 valence electrons. The highest BCUT2D eigenvalue weighted by Gasteiger charge is 2.34. The van der Waals surface area contributed by atoms with Crippen LogP contribution in [-0.4, -0.2) is 42.1 Å². The summed E-state index contributed by atoms with van der Waals surface area (Å²) in [7, 11) is 1.48. The van der Waals surface area contributed by atoms with E-state index in [1.54, 1.807) is 6.92 Å². The Kier molecular flexibility index (Phi) is 9.02. The zero-order chi connectivity index (χ0) is 24.7. The maximum Gasteiger partial charge on any atom is 0.342 e.